The molecule has 68 valence electrons. The number of hydrogen-bond donors (Lipinski definition) is 1. The highest BCUT2D eigenvalue weighted by Gasteiger charge is 2.05. The van der Waals surface area contributed by atoms with E-state index in [1.807, 2.05) is 4.68 Å². The maximum absolute atomic E-state index is 4.72. The average molecular weight is 170 g/mol. The zero-order valence-electron chi connectivity index (χ0n) is 7.61. The maximum atomic E-state index is 4.72. The first kappa shape index (κ1) is 9.15. The predicted octanol–water partition coefficient (Wildman–Crippen LogP) is 0.510. The minimum atomic E-state index is 0.334. The number of nitrogens with one attached hydrogen (secondary N) is 1. The van der Waals surface area contributed by atoms with Gasteiger partial charge in [0.15, 0.2) is 0 Å². The summed E-state index contributed by atoms with van der Waals surface area (Å²) in [5, 5.41) is 4.08. The van der Waals surface area contributed by atoms with Crippen molar-refractivity contribution in [3.8, 4) is 0 Å². The van der Waals surface area contributed by atoms with Gasteiger partial charge in [0.1, 0.15) is 12.2 Å². The Morgan fingerprint density at radius 1 is 1.67 bits per heavy atom. The van der Waals surface area contributed by atoms with Gasteiger partial charge >= 0.3 is 0 Å². The summed E-state index contributed by atoms with van der Waals surface area (Å²) >= 11 is 0. The first-order chi connectivity index (χ1) is 5.75. The third kappa shape index (κ3) is 2.02. The molecule has 12 heavy (non-hydrogen) atoms. The minimum Gasteiger partial charge on any atom is -0.305 e. The molecule has 0 fully saturated rings. The van der Waals surface area contributed by atoms with Crippen LogP contribution in [0.5, 0.6) is 0 Å². The quantitative estimate of drug-likeness (QED) is 0.669. The van der Waals surface area contributed by atoms with E-state index >= 15 is 0 Å². The number of nitrogens with zero attached hydrogens (tertiary/aromatic N) is 3. The summed E-state index contributed by atoms with van der Waals surface area (Å²) in [6.07, 6.45) is 1.55. The van der Waals surface area contributed by atoms with Crippen LogP contribution in [0, 0.1) is 0 Å². The molecule has 0 unspecified atom stereocenters. The number of hydroxylamine groups is 1. The smallest absolute Gasteiger partial charge is 0.143 e. The highest BCUT2D eigenvalue weighted by molar-refractivity contribution is 4.84. The molecule has 0 radical (unpaired) electrons. The zero-order valence-corrected chi connectivity index (χ0v) is 7.61. The Labute approximate surface area is 71.7 Å². The van der Waals surface area contributed by atoms with Gasteiger partial charge in [-0.1, -0.05) is 0 Å². The number of rotatable bonds is 4. The topological polar surface area (TPSA) is 52.0 Å². The first-order valence-corrected chi connectivity index (χ1v) is 3.90. The highest BCUT2D eigenvalue weighted by atomic mass is 16.6. The fourth-order valence-electron chi connectivity index (χ4n) is 0.969. The lowest BCUT2D eigenvalue weighted by molar-refractivity contribution is 0.0835. The van der Waals surface area contributed by atoms with Gasteiger partial charge in [0, 0.05) is 6.04 Å². The van der Waals surface area contributed by atoms with Crippen LogP contribution in [-0.4, -0.2) is 21.9 Å². The molecule has 0 aliphatic rings. The van der Waals surface area contributed by atoms with Crippen LogP contribution in [0.3, 0.4) is 0 Å². The third-order valence-corrected chi connectivity index (χ3v) is 1.51. The zero-order chi connectivity index (χ0) is 8.97. The molecule has 0 bridgehead atoms. The molecule has 0 saturated carbocycles. The van der Waals surface area contributed by atoms with Crippen molar-refractivity contribution in [1.82, 2.24) is 20.2 Å². The Balaban J connectivity index is 2.64. The normalized spacial score (nSPS) is 11.0. The molecule has 0 aliphatic carbocycles. The van der Waals surface area contributed by atoms with Crippen LogP contribution in [0.1, 0.15) is 25.7 Å². The van der Waals surface area contributed by atoms with Crippen molar-refractivity contribution >= 4 is 0 Å². The van der Waals surface area contributed by atoms with Crippen LogP contribution in [-0.2, 0) is 11.4 Å². The Morgan fingerprint density at radius 3 is 3.00 bits per heavy atom. The second kappa shape index (κ2) is 4.18. The fraction of sp³-hybridized carbons (Fsp3) is 0.714. The van der Waals surface area contributed by atoms with Gasteiger partial charge in [0.25, 0.3) is 0 Å². The molecule has 0 spiro atoms. The molecule has 0 saturated heterocycles. The van der Waals surface area contributed by atoms with Gasteiger partial charge in [0.2, 0.25) is 0 Å². The van der Waals surface area contributed by atoms with E-state index in [9.17, 15) is 0 Å². The molecule has 0 atom stereocenters. The minimum absolute atomic E-state index is 0.334. The van der Waals surface area contributed by atoms with Crippen molar-refractivity contribution in [2.24, 2.45) is 0 Å². The van der Waals surface area contributed by atoms with E-state index in [-0.39, 0.29) is 0 Å². The van der Waals surface area contributed by atoms with E-state index in [1.54, 1.807) is 13.4 Å². The van der Waals surface area contributed by atoms with Crippen LogP contribution < -0.4 is 5.48 Å². The standard InChI is InChI=1S/C7H14N4O/c1-6(2)11-7(4-10-12-3)8-5-9-11/h5-6,10H,4H2,1-3H3. The predicted molar refractivity (Wildman–Crippen MR) is 44.3 cm³/mol. The van der Waals surface area contributed by atoms with E-state index in [0.29, 0.717) is 12.6 Å². The van der Waals surface area contributed by atoms with E-state index in [0.717, 1.165) is 5.82 Å². The van der Waals surface area contributed by atoms with Crippen molar-refractivity contribution in [3.63, 3.8) is 0 Å². The summed E-state index contributed by atoms with van der Waals surface area (Å²) < 4.78 is 1.85. The molecule has 1 aromatic heterocycles. The lowest BCUT2D eigenvalue weighted by Crippen LogP contribution is -2.17. The molecule has 1 aromatic rings. The van der Waals surface area contributed by atoms with E-state index < -0.39 is 0 Å². The van der Waals surface area contributed by atoms with Gasteiger partial charge in [-0.2, -0.15) is 10.6 Å². The van der Waals surface area contributed by atoms with Crippen molar-refractivity contribution in [2.75, 3.05) is 7.11 Å². The lowest BCUT2D eigenvalue weighted by Gasteiger charge is -2.08. The summed E-state index contributed by atoms with van der Waals surface area (Å²) in [5.41, 5.74) is 2.72. The summed E-state index contributed by atoms with van der Waals surface area (Å²) in [5.74, 6) is 0.881. The van der Waals surface area contributed by atoms with Crippen molar-refractivity contribution in [1.29, 1.82) is 0 Å². The fourth-order valence-corrected chi connectivity index (χ4v) is 0.969. The van der Waals surface area contributed by atoms with Gasteiger partial charge in [-0.3, -0.25) is 0 Å². The van der Waals surface area contributed by atoms with Gasteiger partial charge < -0.3 is 4.84 Å². The van der Waals surface area contributed by atoms with Crippen LogP contribution >= 0.6 is 0 Å². The van der Waals surface area contributed by atoms with Crippen LogP contribution in [0.2, 0.25) is 0 Å². The van der Waals surface area contributed by atoms with Crippen molar-refractivity contribution in [3.05, 3.63) is 12.2 Å². The van der Waals surface area contributed by atoms with E-state index in [4.69, 9.17) is 4.84 Å². The molecular formula is C7H14N4O. The lowest BCUT2D eigenvalue weighted by atomic mass is 10.4. The summed E-state index contributed by atoms with van der Waals surface area (Å²) in [6.45, 7) is 4.70. The maximum Gasteiger partial charge on any atom is 0.143 e. The summed E-state index contributed by atoms with van der Waals surface area (Å²) in [6, 6.07) is 0.334. The Morgan fingerprint density at radius 2 is 2.42 bits per heavy atom. The Kier molecular flexibility index (Phi) is 3.19. The second-order valence-electron chi connectivity index (χ2n) is 2.74. The van der Waals surface area contributed by atoms with Crippen LogP contribution in [0.4, 0.5) is 0 Å². The second-order valence-corrected chi connectivity index (χ2v) is 2.74. The van der Waals surface area contributed by atoms with Gasteiger partial charge in [-0.25, -0.2) is 9.67 Å². The van der Waals surface area contributed by atoms with Crippen molar-refractivity contribution in [2.45, 2.75) is 26.4 Å². The SMILES string of the molecule is CONCc1ncnn1C(C)C. The molecule has 0 aromatic carbocycles. The summed E-state index contributed by atoms with van der Waals surface area (Å²) in [7, 11) is 1.58. The largest absolute Gasteiger partial charge is 0.305 e. The molecule has 5 nitrogen and oxygen atoms in total. The molecular weight excluding hydrogens is 156 g/mol. The molecule has 0 amide bonds. The molecule has 0 aliphatic heterocycles. The first-order valence-electron chi connectivity index (χ1n) is 3.90. The van der Waals surface area contributed by atoms with E-state index in [1.165, 1.54) is 0 Å². The van der Waals surface area contributed by atoms with E-state index in [2.05, 4.69) is 29.4 Å². The molecule has 1 heterocycles. The van der Waals surface area contributed by atoms with Gasteiger partial charge in [0.05, 0.1) is 13.7 Å². The highest BCUT2D eigenvalue weighted by Crippen LogP contribution is 2.04. The Hall–Kier alpha value is -0.940. The van der Waals surface area contributed by atoms with Crippen LogP contribution in [0.25, 0.3) is 0 Å². The summed E-state index contributed by atoms with van der Waals surface area (Å²) in [4.78, 5) is 8.80. The monoisotopic (exact) mass is 170 g/mol. The Bertz CT molecular complexity index is 233. The number of hydrogen-bond acceptors (Lipinski definition) is 4. The third-order valence-electron chi connectivity index (χ3n) is 1.51. The van der Waals surface area contributed by atoms with Gasteiger partial charge in [-0.05, 0) is 13.8 Å². The molecule has 1 N–H and O–H groups in total. The average Bonchev–Trinajstić information content (AvgIpc) is 2.48. The van der Waals surface area contributed by atoms with Crippen molar-refractivity contribution < 1.29 is 4.84 Å². The molecule has 5 heteroatoms. The van der Waals surface area contributed by atoms with Gasteiger partial charge in [-0.15, -0.1) is 0 Å². The molecule has 1 rings (SSSR count). The van der Waals surface area contributed by atoms with Crippen LogP contribution in [0.15, 0.2) is 6.33 Å². The number of aromatic nitrogens is 3.